The first kappa shape index (κ1) is 19.0. The van der Waals surface area contributed by atoms with E-state index in [0.717, 1.165) is 12.1 Å². The van der Waals surface area contributed by atoms with Crippen LogP contribution in [0.4, 0.5) is 10.1 Å². The van der Waals surface area contributed by atoms with E-state index in [9.17, 15) is 22.4 Å². The SMILES string of the molecule is O=C(COC(=O)CS[C@@H]1CCS(=O)(=O)C1)Nc1ccc(F)cc1Cl. The molecule has 0 saturated carbocycles. The number of sulfone groups is 1. The Morgan fingerprint density at radius 1 is 1.42 bits per heavy atom. The number of carbonyl (C=O) groups is 2. The topological polar surface area (TPSA) is 89.5 Å². The van der Waals surface area contributed by atoms with Gasteiger partial charge in [-0.25, -0.2) is 12.8 Å². The molecule has 1 amide bonds. The van der Waals surface area contributed by atoms with Crippen LogP contribution in [0.25, 0.3) is 0 Å². The lowest BCUT2D eigenvalue weighted by Crippen LogP contribution is -2.22. The highest BCUT2D eigenvalue weighted by Crippen LogP contribution is 2.24. The van der Waals surface area contributed by atoms with Crippen LogP contribution in [0.15, 0.2) is 18.2 Å². The number of hydrogen-bond donors (Lipinski definition) is 1. The van der Waals surface area contributed by atoms with E-state index in [1.807, 2.05) is 0 Å². The molecule has 10 heteroatoms. The minimum Gasteiger partial charge on any atom is -0.455 e. The Balaban J connectivity index is 1.70. The van der Waals surface area contributed by atoms with Crippen LogP contribution in [0, 0.1) is 5.82 Å². The molecule has 1 saturated heterocycles. The molecular weight excluding hydrogens is 381 g/mol. The van der Waals surface area contributed by atoms with E-state index in [4.69, 9.17) is 16.3 Å². The maximum absolute atomic E-state index is 12.9. The summed E-state index contributed by atoms with van der Waals surface area (Å²) in [6.07, 6.45) is 0.518. The highest BCUT2D eigenvalue weighted by atomic mass is 35.5. The molecule has 2 rings (SSSR count). The molecule has 1 aromatic rings. The van der Waals surface area contributed by atoms with E-state index in [2.05, 4.69) is 5.32 Å². The molecule has 6 nitrogen and oxygen atoms in total. The van der Waals surface area contributed by atoms with Gasteiger partial charge >= 0.3 is 5.97 Å². The summed E-state index contributed by atoms with van der Waals surface area (Å²) >= 11 is 6.97. The van der Waals surface area contributed by atoms with Crippen molar-refractivity contribution in [3.8, 4) is 0 Å². The van der Waals surface area contributed by atoms with Gasteiger partial charge in [-0.1, -0.05) is 11.6 Å². The third-order valence-electron chi connectivity index (χ3n) is 3.20. The fraction of sp³-hybridized carbons (Fsp3) is 0.429. The monoisotopic (exact) mass is 395 g/mol. The summed E-state index contributed by atoms with van der Waals surface area (Å²) in [7, 11) is -2.99. The van der Waals surface area contributed by atoms with Gasteiger partial charge in [0.1, 0.15) is 5.82 Å². The number of carbonyl (C=O) groups excluding carboxylic acids is 2. The second-order valence-corrected chi connectivity index (χ2v) is 9.09. The van der Waals surface area contributed by atoms with Crippen molar-refractivity contribution in [2.24, 2.45) is 0 Å². The van der Waals surface area contributed by atoms with Gasteiger partial charge in [0, 0.05) is 5.25 Å². The van der Waals surface area contributed by atoms with Crippen LogP contribution >= 0.6 is 23.4 Å². The first-order chi connectivity index (χ1) is 11.2. The molecule has 1 fully saturated rings. The van der Waals surface area contributed by atoms with Gasteiger partial charge in [0.05, 0.1) is 28.0 Å². The summed E-state index contributed by atoms with van der Waals surface area (Å²) in [5.74, 6) is -1.56. The van der Waals surface area contributed by atoms with Gasteiger partial charge in [-0.3, -0.25) is 9.59 Å². The quantitative estimate of drug-likeness (QED) is 0.740. The Labute approximate surface area is 148 Å². The van der Waals surface area contributed by atoms with Crippen molar-refractivity contribution in [3.63, 3.8) is 0 Å². The number of esters is 1. The molecule has 0 aromatic heterocycles. The van der Waals surface area contributed by atoms with Crippen LogP contribution < -0.4 is 5.32 Å². The van der Waals surface area contributed by atoms with E-state index in [1.165, 1.54) is 17.8 Å². The maximum atomic E-state index is 12.9. The molecule has 1 N–H and O–H groups in total. The molecule has 1 aromatic carbocycles. The number of rotatable bonds is 6. The zero-order chi connectivity index (χ0) is 17.7. The molecule has 0 aliphatic carbocycles. The van der Waals surface area contributed by atoms with Crippen molar-refractivity contribution in [2.75, 3.05) is 29.2 Å². The minimum absolute atomic E-state index is 0.0230. The molecule has 1 aliphatic rings. The van der Waals surface area contributed by atoms with E-state index in [-0.39, 0.29) is 33.2 Å². The summed E-state index contributed by atoms with van der Waals surface area (Å²) in [6.45, 7) is -0.504. The van der Waals surface area contributed by atoms with E-state index in [0.29, 0.717) is 6.42 Å². The summed E-state index contributed by atoms with van der Waals surface area (Å²) in [4.78, 5) is 23.3. The molecule has 0 bridgehead atoms. The minimum atomic E-state index is -2.99. The van der Waals surface area contributed by atoms with Gasteiger partial charge in [0.2, 0.25) is 0 Å². The second-order valence-electron chi connectivity index (χ2n) is 5.17. The fourth-order valence-electron chi connectivity index (χ4n) is 2.04. The van der Waals surface area contributed by atoms with Crippen LogP contribution in [0.2, 0.25) is 5.02 Å². The first-order valence-electron chi connectivity index (χ1n) is 6.98. The Kier molecular flexibility index (Phi) is 6.47. The predicted molar refractivity (Wildman–Crippen MR) is 90.5 cm³/mol. The number of ether oxygens (including phenoxy) is 1. The largest absolute Gasteiger partial charge is 0.455 e. The standard InChI is InChI=1S/C14H15ClFNO5S2/c15-11-5-9(16)1-2-12(11)17-13(18)6-22-14(19)7-23-10-3-4-24(20,21)8-10/h1-2,5,10H,3-4,6-8H2,(H,17,18)/t10-/m1/s1. The van der Waals surface area contributed by atoms with Crippen molar-refractivity contribution in [3.05, 3.63) is 29.0 Å². The third-order valence-corrected chi connectivity index (χ3v) is 6.76. The number of nitrogens with one attached hydrogen (secondary N) is 1. The van der Waals surface area contributed by atoms with Crippen LogP contribution in [0.3, 0.4) is 0 Å². The molecule has 0 unspecified atom stereocenters. The average Bonchev–Trinajstić information content (AvgIpc) is 2.85. The van der Waals surface area contributed by atoms with Crippen LogP contribution in [0.5, 0.6) is 0 Å². The van der Waals surface area contributed by atoms with Crippen molar-refractivity contribution in [1.82, 2.24) is 0 Å². The maximum Gasteiger partial charge on any atom is 0.316 e. The number of hydrogen-bond acceptors (Lipinski definition) is 6. The Morgan fingerprint density at radius 3 is 2.79 bits per heavy atom. The van der Waals surface area contributed by atoms with Crippen LogP contribution in [-0.2, 0) is 24.2 Å². The molecule has 132 valence electrons. The molecule has 1 heterocycles. The third kappa shape index (κ3) is 5.95. The van der Waals surface area contributed by atoms with E-state index < -0.39 is 34.1 Å². The van der Waals surface area contributed by atoms with Gasteiger partial charge in [0.15, 0.2) is 16.4 Å². The highest BCUT2D eigenvalue weighted by molar-refractivity contribution is 8.02. The van der Waals surface area contributed by atoms with Gasteiger partial charge < -0.3 is 10.1 Å². The van der Waals surface area contributed by atoms with Gasteiger partial charge in [0.25, 0.3) is 5.91 Å². The summed E-state index contributed by atoms with van der Waals surface area (Å²) in [5, 5.41) is 2.32. The summed E-state index contributed by atoms with van der Waals surface area (Å²) < 4.78 is 40.3. The first-order valence-corrected chi connectivity index (χ1v) is 10.2. The smallest absolute Gasteiger partial charge is 0.316 e. The lowest BCUT2D eigenvalue weighted by molar-refractivity contribution is -0.144. The van der Waals surface area contributed by atoms with Crippen molar-refractivity contribution >= 4 is 50.8 Å². The summed E-state index contributed by atoms with van der Waals surface area (Å²) in [5.41, 5.74) is 0.213. The van der Waals surface area contributed by atoms with Crippen molar-refractivity contribution < 1.29 is 27.1 Å². The Hall–Kier alpha value is -1.32. The normalized spacial score (nSPS) is 19.0. The number of thioether (sulfide) groups is 1. The molecule has 1 aliphatic heterocycles. The average molecular weight is 396 g/mol. The molecular formula is C14H15ClFNO5S2. The Bertz CT molecular complexity index is 741. The van der Waals surface area contributed by atoms with Gasteiger partial charge in [-0.2, -0.15) is 0 Å². The van der Waals surface area contributed by atoms with Crippen molar-refractivity contribution in [1.29, 1.82) is 0 Å². The lowest BCUT2D eigenvalue weighted by atomic mass is 10.3. The zero-order valence-electron chi connectivity index (χ0n) is 12.5. The number of anilines is 1. The van der Waals surface area contributed by atoms with Crippen LogP contribution in [0.1, 0.15) is 6.42 Å². The fourth-order valence-corrected chi connectivity index (χ4v) is 5.70. The van der Waals surface area contributed by atoms with E-state index in [1.54, 1.807) is 0 Å². The molecule has 24 heavy (non-hydrogen) atoms. The van der Waals surface area contributed by atoms with Crippen molar-refractivity contribution in [2.45, 2.75) is 11.7 Å². The molecule has 1 atom stereocenters. The number of benzene rings is 1. The lowest BCUT2D eigenvalue weighted by Gasteiger charge is -2.09. The highest BCUT2D eigenvalue weighted by Gasteiger charge is 2.28. The zero-order valence-corrected chi connectivity index (χ0v) is 14.8. The summed E-state index contributed by atoms with van der Waals surface area (Å²) in [6, 6.07) is 3.49. The predicted octanol–water partition coefficient (Wildman–Crippen LogP) is 1.88. The number of amides is 1. The number of halogens is 2. The Morgan fingerprint density at radius 2 is 2.17 bits per heavy atom. The second kappa shape index (κ2) is 8.17. The van der Waals surface area contributed by atoms with Gasteiger partial charge in [-0.15, -0.1) is 11.8 Å². The van der Waals surface area contributed by atoms with E-state index >= 15 is 0 Å². The van der Waals surface area contributed by atoms with Crippen LogP contribution in [-0.4, -0.2) is 49.4 Å². The molecule has 0 radical (unpaired) electrons. The molecule has 0 spiro atoms. The van der Waals surface area contributed by atoms with Gasteiger partial charge in [-0.05, 0) is 24.6 Å².